The smallest absolute Gasteiger partial charge is 0.228 e. The number of nitrogens with two attached hydrogens (primary N) is 1. The van der Waals surface area contributed by atoms with Crippen LogP contribution in [0.4, 0.5) is 5.95 Å². The molecule has 5 heteroatoms. The molecule has 0 fully saturated rings. The molecule has 5 nitrogen and oxygen atoms in total. The van der Waals surface area contributed by atoms with E-state index in [1.807, 2.05) is 33.9 Å². The van der Waals surface area contributed by atoms with E-state index in [1.165, 1.54) is 0 Å². The Morgan fingerprint density at radius 1 is 1.26 bits per heavy atom. The van der Waals surface area contributed by atoms with Crippen molar-refractivity contribution in [3.05, 3.63) is 11.8 Å². The SMILES string of the molecule is Cc1cc(OC(C)C)nc(N(C)CCCCCN)n1. The first-order chi connectivity index (χ1) is 9.02. The van der Waals surface area contributed by atoms with E-state index in [0.717, 1.165) is 44.0 Å². The van der Waals surface area contributed by atoms with Crippen LogP contribution in [-0.2, 0) is 0 Å². The van der Waals surface area contributed by atoms with Gasteiger partial charge in [0.1, 0.15) is 0 Å². The van der Waals surface area contributed by atoms with Gasteiger partial charge in [0.2, 0.25) is 11.8 Å². The summed E-state index contributed by atoms with van der Waals surface area (Å²) >= 11 is 0. The van der Waals surface area contributed by atoms with Crippen LogP contribution in [0.5, 0.6) is 5.88 Å². The molecule has 0 saturated heterocycles. The van der Waals surface area contributed by atoms with Gasteiger partial charge in [0.25, 0.3) is 0 Å². The summed E-state index contributed by atoms with van der Waals surface area (Å²) in [6.45, 7) is 7.64. The van der Waals surface area contributed by atoms with E-state index in [-0.39, 0.29) is 6.10 Å². The van der Waals surface area contributed by atoms with Gasteiger partial charge < -0.3 is 15.4 Å². The zero-order valence-corrected chi connectivity index (χ0v) is 12.5. The number of hydrogen-bond donors (Lipinski definition) is 1. The fraction of sp³-hybridized carbons (Fsp3) is 0.714. The Morgan fingerprint density at radius 3 is 2.63 bits per heavy atom. The van der Waals surface area contributed by atoms with E-state index >= 15 is 0 Å². The predicted octanol–water partition coefficient (Wildman–Crippen LogP) is 2.14. The first-order valence-electron chi connectivity index (χ1n) is 6.96. The van der Waals surface area contributed by atoms with Crippen molar-refractivity contribution < 1.29 is 4.74 Å². The van der Waals surface area contributed by atoms with Gasteiger partial charge in [0.15, 0.2) is 0 Å². The third-order valence-corrected chi connectivity index (χ3v) is 2.71. The number of aryl methyl sites for hydroxylation is 1. The van der Waals surface area contributed by atoms with Crippen molar-refractivity contribution >= 4 is 5.95 Å². The summed E-state index contributed by atoms with van der Waals surface area (Å²) in [6, 6.07) is 1.87. The summed E-state index contributed by atoms with van der Waals surface area (Å²) in [5.74, 6) is 1.37. The van der Waals surface area contributed by atoms with Crippen molar-refractivity contribution in [3.8, 4) is 5.88 Å². The summed E-state index contributed by atoms with van der Waals surface area (Å²) in [5.41, 5.74) is 6.41. The molecule has 1 aromatic rings. The summed E-state index contributed by atoms with van der Waals surface area (Å²) in [4.78, 5) is 11.0. The Kier molecular flexibility index (Phi) is 6.56. The van der Waals surface area contributed by atoms with Gasteiger partial charge in [-0.25, -0.2) is 4.98 Å². The van der Waals surface area contributed by atoms with E-state index in [9.17, 15) is 0 Å². The molecular formula is C14H26N4O. The molecule has 1 rings (SSSR count). The van der Waals surface area contributed by atoms with Gasteiger partial charge in [-0.1, -0.05) is 6.42 Å². The van der Waals surface area contributed by atoms with Gasteiger partial charge in [-0.3, -0.25) is 0 Å². The Hall–Kier alpha value is -1.36. The Morgan fingerprint density at radius 2 is 2.00 bits per heavy atom. The molecule has 1 aromatic heterocycles. The lowest BCUT2D eigenvalue weighted by Gasteiger charge is -2.18. The number of nitrogens with zero attached hydrogens (tertiary/aromatic N) is 3. The third kappa shape index (κ3) is 5.87. The third-order valence-electron chi connectivity index (χ3n) is 2.71. The number of hydrogen-bond acceptors (Lipinski definition) is 5. The molecule has 0 aliphatic heterocycles. The second-order valence-corrected chi connectivity index (χ2v) is 5.09. The van der Waals surface area contributed by atoms with Crippen LogP contribution in [0.1, 0.15) is 38.8 Å². The second-order valence-electron chi connectivity index (χ2n) is 5.09. The maximum Gasteiger partial charge on any atom is 0.228 e. The summed E-state index contributed by atoms with van der Waals surface area (Å²) < 4.78 is 5.63. The quantitative estimate of drug-likeness (QED) is 0.730. The highest BCUT2D eigenvalue weighted by molar-refractivity contribution is 5.33. The molecule has 0 saturated carbocycles. The summed E-state index contributed by atoms with van der Waals surface area (Å²) in [6.07, 6.45) is 3.44. The lowest BCUT2D eigenvalue weighted by molar-refractivity contribution is 0.232. The number of unbranched alkanes of at least 4 members (excludes halogenated alkanes) is 2. The summed E-state index contributed by atoms with van der Waals surface area (Å²) in [5, 5.41) is 0. The maximum atomic E-state index is 5.63. The van der Waals surface area contributed by atoms with E-state index in [2.05, 4.69) is 14.9 Å². The zero-order valence-electron chi connectivity index (χ0n) is 12.5. The second kappa shape index (κ2) is 7.94. The van der Waals surface area contributed by atoms with Crippen molar-refractivity contribution in [2.75, 3.05) is 25.0 Å². The molecule has 108 valence electrons. The van der Waals surface area contributed by atoms with E-state index in [1.54, 1.807) is 0 Å². The van der Waals surface area contributed by atoms with Crippen molar-refractivity contribution in [1.82, 2.24) is 9.97 Å². The molecule has 0 aliphatic rings. The van der Waals surface area contributed by atoms with Crippen LogP contribution >= 0.6 is 0 Å². The van der Waals surface area contributed by atoms with E-state index < -0.39 is 0 Å². The van der Waals surface area contributed by atoms with Crippen LogP contribution in [0, 0.1) is 6.92 Å². The lowest BCUT2D eigenvalue weighted by Crippen LogP contribution is -2.22. The van der Waals surface area contributed by atoms with Gasteiger partial charge in [0.05, 0.1) is 6.10 Å². The number of anilines is 1. The topological polar surface area (TPSA) is 64.3 Å². The molecule has 0 amide bonds. The first-order valence-corrected chi connectivity index (χ1v) is 6.96. The minimum Gasteiger partial charge on any atom is -0.475 e. The van der Waals surface area contributed by atoms with Crippen LogP contribution < -0.4 is 15.4 Å². The zero-order chi connectivity index (χ0) is 14.3. The van der Waals surface area contributed by atoms with Gasteiger partial charge in [-0.15, -0.1) is 0 Å². The highest BCUT2D eigenvalue weighted by Gasteiger charge is 2.08. The van der Waals surface area contributed by atoms with Crippen LogP contribution in [0.25, 0.3) is 0 Å². The van der Waals surface area contributed by atoms with Crippen LogP contribution in [0.15, 0.2) is 6.07 Å². The van der Waals surface area contributed by atoms with Gasteiger partial charge in [0, 0.05) is 25.4 Å². The van der Waals surface area contributed by atoms with Crippen LogP contribution in [-0.4, -0.2) is 36.2 Å². The number of rotatable bonds is 8. The van der Waals surface area contributed by atoms with Crippen LogP contribution in [0.2, 0.25) is 0 Å². The van der Waals surface area contributed by atoms with Crippen molar-refractivity contribution in [2.45, 2.75) is 46.1 Å². The molecule has 0 aromatic carbocycles. The average molecular weight is 266 g/mol. The van der Waals surface area contributed by atoms with Gasteiger partial charge >= 0.3 is 0 Å². The normalized spacial score (nSPS) is 10.8. The highest BCUT2D eigenvalue weighted by Crippen LogP contribution is 2.16. The summed E-state index contributed by atoms with van der Waals surface area (Å²) in [7, 11) is 2.01. The fourth-order valence-electron chi connectivity index (χ4n) is 1.77. The van der Waals surface area contributed by atoms with Gasteiger partial charge in [-0.2, -0.15) is 4.98 Å². The number of ether oxygens (including phenoxy) is 1. The molecule has 0 bridgehead atoms. The maximum absolute atomic E-state index is 5.63. The standard InChI is InChI=1S/C14H26N4O/c1-11(2)19-13-10-12(3)16-14(17-13)18(4)9-7-5-6-8-15/h10-11H,5-9,15H2,1-4H3. The molecule has 0 unspecified atom stereocenters. The predicted molar refractivity (Wildman–Crippen MR) is 78.7 cm³/mol. The first kappa shape index (κ1) is 15.7. The average Bonchev–Trinajstić information content (AvgIpc) is 2.32. The van der Waals surface area contributed by atoms with Crippen molar-refractivity contribution in [1.29, 1.82) is 0 Å². The van der Waals surface area contributed by atoms with Crippen molar-refractivity contribution in [3.63, 3.8) is 0 Å². The molecule has 0 aliphatic carbocycles. The molecule has 1 heterocycles. The Labute approximate surface area is 116 Å². The Bertz CT molecular complexity index is 382. The van der Waals surface area contributed by atoms with Gasteiger partial charge in [-0.05, 0) is 40.2 Å². The highest BCUT2D eigenvalue weighted by atomic mass is 16.5. The fourth-order valence-corrected chi connectivity index (χ4v) is 1.77. The monoisotopic (exact) mass is 266 g/mol. The minimum absolute atomic E-state index is 0.122. The van der Waals surface area contributed by atoms with Crippen molar-refractivity contribution in [2.24, 2.45) is 5.73 Å². The molecule has 0 atom stereocenters. The van der Waals surface area contributed by atoms with E-state index in [0.29, 0.717) is 5.88 Å². The molecule has 2 N–H and O–H groups in total. The molecular weight excluding hydrogens is 240 g/mol. The number of aromatic nitrogens is 2. The van der Waals surface area contributed by atoms with Crippen LogP contribution in [0.3, 0.4) is 0 Å². The Balaban J connectivity index is 2.62. The molecule has 19 heavy (non-hydrogen) atoms. The molecule has 0 radical (unpaired) electrons. The lowest BCUT2D eigenvalue weighted by atomic mass is 10.2. The van der Waals surface area contributed by atoms with E-state index in [4.69, 9.17) is 10.5 Å². The minimum atomic E-state index is 0.122. The largest absolute Gasteiger partial charge is 0.475 e. The molecule has 0 spiro atoms.